The molecule has 6 nitrogen and oxygen atoms in total. The van der Waals surface area contributed by atoms with Gasteiger partial charge in [-0.05, 0) is 69.1 Å². The summed E-state index contributed by atoms with van der Waals surface area (Å²) >= 11 is 3.45. The third-order valence-corrected chi connectivity index (χ3v) is 7.19. The van der Waals surface area contributed by atoms with Crippen molar-refractivity contribution in [2.45, 2.75) is 90.6 Å². The number of hydrogen-bond acceptors (Lipinski definition) is 5. The van der Waals surface area contributed by atoms with Gasteiger partial charge in [-0.2, -0.15) is 0 Å². The summed E-state index contributed by atoms with van der Waals surface area (Å²) in [6.45, 7) is 12.0. The zero-order valence-corrected chi connectivity index (χ0v) is 22.2. The molecule has 7 heteroatoms. The quantitative estimate of drug-likeness (QED) is 0.466. The largest absolute Gasteiger partial charge is 0.460 e. The molecule has 1 N–H and O–H groups in total. The van der Waals surface area contributed by atoms with Gasteiger partial charge in [0.15, 0.2) is 5.54 Å². The van der Waals surface area contributed by atoms with Crippen molar-refractivity contribution in [3.8, 4) is 0 Å². The van der Waals surface area contributed by atoms with E-state index in [-0.39, 0.29) is 18.8 Å². The fraction of sp³-hybridized carbons (Fsp3) is 0.692. The maximum atomic E-state index is 13.7. The molecule has 2 fully saturated rings. The average molecular weight is 524 g/mol. The second-order valence-electron chi connectivity index (χ2n) is 11.0. The van der Waals surface area contributed by atoms with E-state index in [1.165, 1.54) is 0 Å². The van der Waals surface area contributed by atoms with Crippen LogP contribution in [0.15, 0.2) is 28.7 Å². The second kappa shape index (κ2) is 10.3. The zero-order chi connectivity index (χ0) is 24.4. The first-order valence-corrected chi connectivity index (χ1v) is 12.8. The molecular formula is C26H38BrNO5. The van der Waals surface area contributed by atoms with Gasteiger partial charge in [0.05, 0.1) is 12.7 Å². The van der Waals surface area contributed by atoms with Crippen molar-refractivity contribution in [2.24, 2.45) is 17.8 Å². The number of carbonyl (C=O) groups is 2. The number of amides is 1. The summed E-state index contributed by atoms with van der Waals surface area (Å²) in [5.41, 5.74) is -1.02. The van der Waals surface area contributed by atoms with Crippen molar-refractivity contribution in [2.75, 3.05) is 6.61 Å². The van der Waals surface area contributed by atoms with E-state index >= 15 is 0 Å². The molecule has 1 aromatic carbocycles. The van der Waals surface area contributed by atoms with E-state index in [1.807, 2.05) is 24.3 Å². The van der Waals surface area contributed by atoms with Gasteiger partial charge in [-0.15, -0.1) is 0 Å². The van der Waals surface area contributed by atoms with E-state index in [2.05, 4.69) is 42.0 Å². The highest BCUT2D eigenvalue weighted by Gasteiger charge is 2.51. The smallest absolute Gasteiger partial charge is 0.408 e. The van der Waals surface area contributed by atoms with Gasteiger partial charge >= 0.3 is 12.1 Å². The Labute approximate surface area is 206 Å². The lowest BCUT2D eigenvalue weighted by Crippen LogP contribution is -2.58. The SMILES string of the molecule is CC(C)[C@@H]1CC[C@@H](C)C[C@@H]1OC(=O)[C@@]1(NC(=O)OC(C)(C)C)CO[C@@H](c2ccc(Br)cc2)C1. The number of benzene rings is 1. The third-order valence-electron chi connectivity index (χ3n) is 6.66. The molecule has 2 aliphatic rings. The predicted molar refractivity (Wildman–Crippen MR) is 131 cm³/mol. The van der Waals surface area contributed by atoms with E-state index in [4.69, 9.17) is 14.2 Å². The van der Waals surface area contributed by atoms with Crippen LogP contribution in [0.4, 0.5) is 4.79 Å². The molecular weight excluding hydrogens is 486 g/mol. The fourth-order valence-corrected chi connectivity index (χ4v) is 5.11. The minimum Gasteiger partial charge on any atom is -0.460 e. The van der Waals surface area contributed by atoms with Crippen molar-refractivity contribution in [3.63, 3.8) is 0 Å². The van der Waals surface area contributed by atoms with Crippen LogP contribution < -0.4 is 5.32 Å². The minimum absolute atomic E-state index is 0.0421. The van der Waals surface area contributed by atoms with E-state index in [0.717, 1.165) is 29.3 Å². The van der Waals surface area contributed by atoms with Crippen molar-refractivity contribution in [1.29, 1.82) is 0 Å². The van der Waals surface area contributed by atoms with Gasteiger partial charge in [0.1, 0.15) is 11.7 Å². The lowest BCUT2D eigenvalue weighted by atomic mass is 9.75. The number of hydrogen-bond donors (Lipinski definition) is 1. The summed E-state index contributed by atoms with van der Waals surface area (Å²) < 4.78 is 18.6. The maximum Gasteiger partial charge on any atom is 0.408 e. The molecule has 0 radical (unpaired) electrons. The summed E-state index contributed by atoms with van der Waals surface area (Å²) in [6.07, 6.45) is 2.19. The minimum atomic E-state index is -1.29. The van der Waals surface area contributed by atoms with E-state index in [9.17, 15) is 9.59 Å². The Morgan fingerprint density at radius 3 is 2.45 bits per heavy atom. The second-order valence-corrected chi connectivity index (χ2v) is 11.9. The Balaban J connectivity index is 1.82. The number of ether oxygens (including phenoxy) is 3. The summed E-state index contributed by atoms with van der Waals surface area (Å²) in [6, 6.07) is 7.80. The van der Waals surface area contributed by atoms with Crippen LogP contribution >= 0.6 is 15.9 Å². The average Bonchev–Trinajstić information content (AvgIpc) is 3.12. The number of rotatable bonds is 5. The summed E-state index contributed by atoms with van der Waals surface area (Å²) in [7, 11) is 0. The predicted octanol–water partition coefficient (Wildman–Crippen LogP) is 6.18. The van der Waals surface area contributed by atoms with E-state index in [1.54, 1.807) is 20.8 Å². The molecule has 1 aliphatic carbocycles. The van der Waals surface area contributed by atoms with Gasteiger partial charge in [0.2, 0.25) is 0 Å². The van der Waals surface area contributed by atoms with Gasteiger partial charge < -0.3 is 19.5 Å². The summed E-state index contributed by atoms with van der Waals surface area (Å²) in [5.74, 6) is 0.800. The Bertz CT molecular complexity index is 834. The monoisotopic (exact) mass is 523 g/mol. The van der Waals surface area contributed by atoms with Crippen LogP contribution in [0.5, 0.6) is 0 Å². The van der Waals surface area contributed by atoms with Crippen LogP contribution in [0.2, 0.25) is 0 Å². The van der Waals surface area contributed by atoms with Crippen molar-refractivity contribution in [3.05, 3.63) is 34.3 Å². The molecule has 3 rings (SSSR count). The first-order valence-electron chi connectivity index (χ1n) is 12.0. The first kappa shape index (κ1) is 26.0. The molecule has 184 valence electrons. The van der Waals surface area contributed by atoms with Crippen molar-refractivity contribution in [1.82, 2.24) is 5.32 Å². The van der Waals surface area contributed by atoms with Gasteiger partial charge in [-0.3, -0.25) is 0 Å². The molecule has 33 heavy (non-hydrogen) atoms. The van der Waals surface area contributed by atoms with Crippen LogP contribution in [-0.4, -0.2) is 35.9 Å². The highest BCUT2D eigenvalue weighted by Crippen LogP contribution is 2.40. The molecule has 1 saturated heterocycles. The zero-order valence-electron chi connectivity index (χ0n) is 20.7. The number of halogens is 1. The number of carbonyl (C=O) groups excluding carboxylic acids is 2. The molecule has 0 spiro atoms. The Hall–Kier alpha value is -1.60. The van der Waals surface area contributed by atoms with Crippen LogP contribution in [-0.2, 0) is 19.0 Å². The Morgan fingerprint density at radius 1 is 1.18 bits per heavy atom. The molecule has 0 unspecified atom stereocenters. The fourth-order valence-electron chi connectivity index (χ4n) is 4.85. The molecule has 1 heterocycles. The van der Waals surface area contributed by atoms with Crippen LogP contribution in [0.3, 0.4) is 0 Å². The summed E-state index contributed by atoms with van der Waals surface area (Å²) in [5, 5.41) is 2.83. The molecule has 0 aromatic heterocycles. The normalized spacial score (nSPS) is 30.2. The summed E-state index contributed by atoms with van der Waals surface area (Å²) in [4.78, 5) is 26.4. The van der Waals surface area contributed by atoms with Crippen molar-refractivity contribution < 1.29 is 23.8 Å². The van der Waals surface area contributed by atoms with Crippen LogP contribution in [0, 0.1) is 17.8 Å². The Kier molecular flexibility index (Phi) is 8.15. The third kappa shape index (κ3) is 6.72. The van der Waals surface area contributed by atoms with Gasteiger partial charge in [-0.25, -0.2) is 9.59 Å². The van der Waals surface area contributed by atoms with Crippen LogP contribution in [0.25, 0.3) is 0 Å². The van der Waals surface area contributed by atoms with Gasteiger partial charge in [0, 0.05) is 10.9 Å². The molecule has 0 bridgehead atoms. The topological polar surface area (TPSA) is 73.9 Å². The molecule has 1 saturated carbocycles. The molecule has 1 aliphatic heterocycles. The molecule has 1 amide bonds. The van der Waals surface area contributed by atoms with Crippen LogP contribution in [0.1, 0.15) is 78.9 Å². The lowest BCUT2D eigenvalue weighted by Gasteiger charge is -2.38. The lowest BCUT2D eigenvalue weighted by molar-refractivity contribution is -0.164. The van der Waals surface area contributed by atoms with Crippen molar-refractivity contribution >= 4 is 28.0 Å². The van der Waals surface area contributed by atoms with Gasteiger partial charge in [0.25, 0.3) is 0 Å². The maximum absolute atomic E-state index is 13.7. The van der Waals surface area contributed by atoms with E-state index in [0.29, 0.717) is 24.2 Å². The van der Waals surface area contributed by atoms with E-state index < -0.39 is 23.2 Å². The molecule has 1 aromatic rings. The highest BCUT2D eigenvalue weighted by molar-refractivity contribution is 9.10. The molecule has 5 atom stereocenters. The number of alkyl carbamates (subject to hydrolysis) is 1. The number of esters is 1. The highest BCUT2D eigenvalue weighted by atomic mass is 79.9. The number of nitrogens with one attached hydrogen (secondary N) is 1. The first-order chi connectivity index (χ1) is 15.4. The van der Waals surface area contributed by atoms with Gasteiger partial charge in [-0.1, -0.05) is 55.3 Å². The Morgan fingerprint density at radius 2 is 1.85 bits per heavy atom. The standard InChI is InChI=1S/C26H38BrNO5/c1-16(2)20-12-7-17(3)13-21(20)32-23(29)26(28-24(30)33-25(4,5)6)14-22(31-15-26)18-8-10-19(27)11-9-18/h8-11,16-17,20-22H,7,12-15H2,1-6H3,(H,28,30)/t17-,20+,21+,22-,26+/m1/s1.